The van der Waals surface area contributed by atoms with Gasteiger partial charge in [0, 0.05) is 15.6 Å². The number of hydrogen-bond donors (Lipinski definition) is 0. The first-order valence-corrected chi connectivity index (χ1v) is 6.88. The Morgan fingerprint density at radius 3 is 2.55 bits per heavy atom. The van der Waals surface area contributed by atoms with Crippen LogP contribution in [0, 0.1) is 0 Å². The Morgan fingerprint density at radius 1 is 1.00 bits per heavy atom. The van der Waals surface area contributed by atoms with Crippen molar-refractivity contribution in [3.8, 4) is 11.4 Å². The van der Waals surface area contributed by atoms with Crippen molar-refractivity contribution in [1.82, 2.24) is 14.9 Å². The van der Waals surface area contributed by atoms with Crippen molar-refractivity contribution in [2.45, 2.75) is 0 Å². The maximum absolute atomic E-state index is 4.41. The molecule has 98 valence electrons. The van der Waals surface area contributed by atoms with E-state index in [0.29, 0.717) is 5.82 Å². The summed E-state index contributed by atoms with van der Waals surface area (Å²) in [5.41, 5.74) is 1.98. The molecule has 1 aromatic heterocycles. The van der Waals surface area contributed by atoms with Crippen LogP contribution in [0.5, 0.6) is 0 Å². The Morgan fingerprint density at radius 2 is 1.75 bits per heavy atom. The summed E-state index contributed by atoms with van der Waals surface area (Å²) in [5.74, 6) is 0.717. The summed E-state index contributed by atoms with van der Waals surface area (Å²) in [7, 11) is 0. The second-order valence-electron chi connectivity index (χ2n) is 4.13. The van der Waals surface area contributed by atoms with Crippen molar-refractivity contribution >= 4 is 22.1 Å². The Kier molecular flexibility index (Phi) is 3.69. The van der Waals surface area contributed by atoms with Gasteiger partial charge in [-0.15, -0.1) is 10.2 Å². The molecule has 3 rings (SSSR count). The molecule has 0 saturated heterocycles. The number of halogens is 1. The van der Waals surface area contributed by atoms with E-state index in [0.717, 1.165) is 15.6 Å². The number of rotatable bonds is 3. The molecule has 3 aromatic rings. The third kappa shape index (κ3) is 2.67. The number of benzene rings is 2. The molecule has 0 aliphatic rings. The average Bonchev–Trinajstić information content (AvgIpc) is 2.96. The zero-order valence-electron chi connectivity index (χ0n) is 10.5. The molecule has 0 radical (unpaired) electrons. The van der Waals surface area contributed by atoms with Crippen molar-refractivity contribution in [3.05, 3.63) is 71.0 Å². The van der Waals surface area contributed by atoms with Gasteiger partial charge >= 0.3 is 0 Å². The van der Waals surface area contributed by atoms with Gasteiger partial charge in [0.25, 0.3) is 0 Å². The lowest BCUT2D eigenvalue weighted by molar-refractivity contribution is 0.888. The van der Waals surface area contributed by atoms with Gasteiger partial charge in [0.2, 0.25) is 0 Å². The average molecular weight is 327 g/mol. The van der Waals surface area contributed by atoms with Crippen molar-refractivity contribution < 1.29 is 0 Å². The Labute approximate surface area is 124 Å². The van der Waals surface area contributed by atoms with Crippen LogP contribution < -0.4 is 0 Å². The van der Waals surface area contributed by atoms with Gasteiger partial charge in [0.05, 0.1) is 6.21 Å². The van der Waals surface area contributed by atoms with Crippen LogP contribution in [0.2, 0.25) is 0 Å². The number of nitrogens with zero attached hydrogens (tertiary/aromatic N) is 4. The summed E-state index contributed by atoms with van der Waals surface area (Å²) in [6.07, 6.45) is 3.37. The summed E-state index contributed by atoms with van der Waals surface area (Å²) in [5, 5.41) is 12.4. The smallest absolute Gasteiger partial charge is 0.184 e. The molecule has 0 N–H and O–H groups in total. The lowest BCUT2D eigenvalue weighted by Gasteiger charge is -2.01. The SMILES string of the molecule is Brc1ccccc1/C=N\n1cnnc1-c1ccccc1. The van der Waals surface area contributed by atoms with Crippen molar-refractivity contribution in [2.75, 3.05) is 0 Å². The number of hydrogen-bond acceptors (Lipinski definition) is 3. The van der Waals surface area contributed by atoms with Gasteiger partial charge in [-0.2, -0.15) is 9.78 Å². The monoisotopic (exact) mass is 326 g/mol. The first-order valence-electron chi connectivity index (χ1n) is 6.09. The predicted octanol–water partition coefficient (Wildman–Crippen LogP) is 3.59. The second-order valence-corrected chi connectivity index (χ2v) is 4.99. The minimum atomic E-state index is 0.717. The fourth-order valence-corrected chi connectivity index (χ4v) is 2.18. The molecule has 2 aromatic carbocycles. The molecule has 0 amide bonds. The third-order valence-corrected chi connectivity index (χ3v) is 3.51. The molecular formula is C15H11BrN4. The first-order chi connectivity index (χ1) is 9.84. The van der Waals surface area contributed by atoms with E-state index in [-0.39, 0.29) is 0 Å². The van der Waals surface area contributed by atoms with Gasteiger partial charge in [0.1, 0.15) is 6.33 Å². The van der Waals surface area contributed by atoms with E-state index in [1.807, 2.05) is 54.6 Å². The van der Waals surface area contributed by atoms with E-state index in [9.17, 15) is 0 Å². The lowest BCUT2D eigenvalue weighted by atomic mass is 10.2. The maximum atomic E-state index is 4.41. The minimum absolute atomic E-state index is 0.717. The summed E-state index contributed by atoms with van der Waals surface area (Å²) in [6.45, 7) is 0. The van der Waals surface area contributed by atoms with Crippen LogP contribution in [0.1, 0.15) is 5.56 Å². The Balaban J connectivity index is 1.94. The molecule has 20 heavy (non-hydrogen) atoms. The molecule has 0 aliphatic heterocycles. The van der Waals surface area contributed by atoms with Gasteiger partial charge in [-0.25, -0.2) is 0 Å². The van der Waals surface area contributed by atoms with Crippen LogP contribution in [0.15, 0.2) is 70.5 Å². The normalized spacial score (nSPS) is 11.1. The van der Waals surface area contributed by atoms with Gasteiger partial charge in [-0.3, -0.25) is 0 Å². The van der Waals surface area contributed by atoms with Crippen molar-refractivity contribution in [2.24, 2.45) is 5.10 Å². The van der Waals surface area contributed by atoms with Crippen molar-refractivity contribution in [3.63, 3.8) is 0 Å². The van der Waals surface area contributed by atoms with E-state index in [4.69, 9.17) is 0 Å². The first kappa shape index (κ1) is 12.7. The van der Waals surface area contributed by atoms with Gasteiger partial charge < -0.3 is 0 Å². The molecule has 0 atom stereocenters. The zero-order valence-corrected chi connectivity index (χ0v) is 12.1. The van der Waals surface area contributed by atoms with Crippen LogP contribution in [0.3, 0.4) is 0 Å². The molecule has 1 heterocycles. The van der Waals surface area contributed by atoms with Gasteiger partial charge in [-0.1, -0.05) is 64.5 Å². The molecule has 0 bridgehead atoms. The third-order valence-electron chi connectivity index (χ3n) is 2.79. The highest BCUT2D eigenvalue weighted by atomic mass is 79.9. The second kappa shape index (κ2) is 5.79. The van der Waals surface area contributed by atoms with E-state index in [1.165, 1.54) is 0 Å². The summed E-state index contributed by atoms with van der Waals surface area (Å²) in [4.78, 5) is 0. The molecule has 0 saturated carbocycles. The highest BCUT2D eigenvalue weighted by molar-refractivity contribution is 9.10. The molecule has 4 nitrogen and oxygen atoms in total. The summed E-state index contributed by atoms with van der Waals surface area (Å²) < 4.78 is 2.66. The molecule has 0 aliphatic carbocycles. The van der Waals surface area contributed by atoms with Gasteiger partial charge in [-0.05, 0) is 6.07 Å². The fraction of sp³-hybridized carbons (Fsp3) is 0. The van der Waals surface area contributed by atoms with Crippen molar-refractivity contribution in [1.29, 1.82) is 0 Å². The van der Waals surface area contributed by atoms with E-state index in [1.54, 1.807) is 17.2 Å². The van der Waals surface area contributed by atoms with Crippen LogP contribution in [-0.4, -0.2) is 21.1 Å². The topological polar surface area (TPSA) is 43.1 Å². The standard InChI is InChI=1S/C15H11BrN4/c16-14-9-5-4-8-13(14)10-18-20-11-17-19-15(20)12-6-2-1-3-7-12/h1-11H/b18-10-. The molecular weight excluding hydrogens is 316 g/mol. The van der Waals surface area contributed by atoms with E-state index < -0.39 is 0 Å². The van der Waals surface area contributed by atoms with E-state index in [2.05, 4.69) is 31.2 Å². The highest BCUT2D eigenvalue weighted by Crippen LogP contribution is 2.16. The lowest BCUT2D eigenvalue weighted by Crippen LogP contribution is -1.93. The predicted molar refractivity (Wildman–Crippen MR) is 82.6 cm³/mol. The summed E-state index contributed by atoms with van der Waals surface area (Å²) in [6, 6.07) is 17.8. The Hall–Kier alpha value is -2.27. The number of aromatic nitrogens is 3. The van der Waals surface area contributed by atoms with Crippen LogP contribution in [0.4, 0.5) is 0 Å². The highest BCUT2D eigenvalue weighted by Gasteiger charge is 2.05. The maximum Gasteiger partial charge on any atom is 0.184 e. The van der Waals surface area contributed by atoms with Gasteiger partial charge in [0.15, 0.2) is 5.82 Å². The molecule has 0 unspecified atom stereocenters. The van der Waals surface area contributed by atoms with Crippen LogP contribution >= 0.6 is 15.9 Å². The molecule has 5 heteroatoms. The molecule has 0 fully saturated rings. The Bertz CT molecular complexity index is 734. The molecule has 0 spiro atoms. The van der Waals surface area contributed by atoms with E-state index >= 15 is 0 Å². The quantitative estimate of drug-likeness (QED) is 0.690. The minimum Gasteiger partial charge on any atom is -0.200 e. The van der Waals surface area contributed by atoms with Crippen LogP contribution in [-0.2, 0) is 0 Å². The fourth-order valence-electron chi connectivity index (χ4n) is 1.80. The zero-order chi connectivity index (χ0) is 13.8. The van der Waals surface area contributed by atoms with Crippen LogP contribution in [0.25, 0.3) is 11.4 Å². The summed E-state index contributed by atoms with van der Waals surface area (Å²) >= 11 is 3.49. The largest absolute Gasteiger partial charge is 0.200 e.